The van der Waals surface area contributed by atoms with E-state index in [1.807, 2.05) is 25.1 Å². The van der Waals surface area contributed by atoms with Crippen LogP contribution in [0, 0.1) is 5.92 Å². The molecular weight excluding hydrogens is 547 g/mol. The highest BCUT2D eigenvalue weighted by molar-refractivity contribution is 7.45. The van der Waals surface area contributed by atoms with Crippen LogP contribution in [0.4, 0.5) is 5.95 Å². The summed E-state index contributed by atoms with van der Waals surface area (Å²) < 4.78 is 30.2. The summed E-state index contributed by atoms with van der Waals surface area (Å²) in [4.78, 5) is 36.5. The van der Waals surface area contributed by atoms with Gasteiger partial charge in [0, 0.05) is 19.6 Å². The van der Waals surface area contributed by atoms with Crippen LogP contribution in [0.15, 0.2) is 41.5 Å². The molecule has 1 amide bonds. The van der Waals surface area contributed by atoms with Gasteiger partial charge in [-0.15, -0.1) is 0 Å². The molecule has 12 nitrogen and oxygen atoms in total. The van der Waals surface area contributed by atoms with Crippen LogP contribution in [0.2, 0.25) is 0 Å². The summed E-state index contributed by atoms with van der Waals surface area (Å²) in [5, 5.41) is 2.66. The van der Waals surface area contributed by atoms with Crippen LogP contribution in [0.25, 0.3) is 11.2 Å². The fourth-order valence-corrected chi connectivity index (χ4v) is 8.21. The number of imidazole rings is 1. The van der Waals surface area contributed by atoms with Crippen LogP contribution in [-0.4, -0.2) is 68.1 Å². The number of aromatic nitrogens is 4. The van der Waals surface area contributed by atoms with E-state index in [0.29, 0.717) is 6.42 Å². The van der Waals surface area contributed by atoms with Gasteiger partial charge in [0.1, 0.15) is 17.8 Å². The van der Waals surface area contributed by atoms with Crippen LogP contribution in [-0.2, 0) is 28.9 Å². The molecule has 0 radical (unpaired) electrons. The number of carbonyl (C=O) groups is 1. The molecule has 0 saturated carbocycles. The Labute approximate surface area is 239 Å². The predicted molar refractivity (Wildman–Crippen MR) is 153 cm³/mol. The van der Waals surface area contributed by atoms with Crippen molar-refractivity contribution in [2.24, 2.45) is 5.92 Å². The van der Waals surface area contributed by atoms with Crippen LogP contribution >= 0.6 is 8.53 Å². The van der Waals surface area contributed by atoms with Crippen LogP contribution < -0.4 is 10.9 Å². The van der Waals surface area contributed by atoms with Gasteiger partial charge in [-0.1, -0.05) is 51.1 Å². The fourth-order valence-electron chi connectivity index (χ4n) is 6.05. The van der Waals surface area contributed by atoms with Gasteiger partial charge >= 0.3 is 0 Å². The molecule has 6 rings (SSSR count). The molecule has 1 aromatic carbocycles. The van der Waals surface area contributed by atoms with Crippen LogP contribution in [0.5, 0.6) is 0 Å². The highest BCUT2D eigenvalue weighted by Gasteiger charge is 2.57. The molecule has 5 heterocycles. The number of benzene rings is 1. The predicted octanol–water partition coefficient (Wildman–Crippen LogP) is 4.06. The van der Waals surface area contributed by atoms with Crippen LogP contribution in [0.1, 0.15) is 58.7 Å². The van der Waals surface area contributed by atoms with Gasteiger partial charge in [-0.25, -0.2) is 9.65 Å². The van der Waals surface area contributed by atoms with Gasteiger partial charge in [-0.2, -0.15) is 4.98 Å². The standard InChI is InChI=1S/C28H37N6O6P/c1-6-18-21(39-41-34-14-10-13-19(34)28(4,40-41)17-11-8-7-9-12-17)22(37-5)26(38-18)33-15-29-20-23(33)30-27(32-25(20)36)31-24(35)16(2)3/h7-9,11-12,15-16,18-19,21-22,26H,6,10,13-14H2,1-5H3,(H2,30,31,32,35,36)/t18-,19+,21?,22+,26-,28-,41+/m1/s1. The van der Waals surface area contributed by atoms with Gasteiger partial charge in [0.25, 0.3) is 14.1 Å². The first kappa shape index (κ1) is 28.4. The highest BCUT2D eigenvalue weighted by Crippen LogP contribution is 2.64. The summed E-state index contributed by atoms with van der Waals surface area (Å²) in [6, 6.07) is 10.6. The molecule has 3 fully saturated rings. The molecule has 1 unspecified atom stereocenters. The highest BCUT2D eigenvalue weighted by atomic mass is 31.2. The number of anilines is 1. The Bertz CT molecular complexity index is 1470. The van der Waals surface area contributed by atoms with E-state index in [1.165, 1.54) is 6.33 Å². The van der Waals surface area contributed by atoms with E-state index in [9.17, 15) is 9.59 Å². The number of ether oxygens (including phenoxy) is 2. The maximum Gasteiger partial charge on any atom is 0.280 e. The van der Waals surface area contributed by atoms with Crippen molar-refractivity contribution in [1.29, 1.82) is 0 Å². The Morgan fingerprint density at radius 1 is 1.29 bits per heavy atom. The van der Waals surface area contributed by atoms with Gasteiger partial charge in [-0.05, 0) is 31.7 Å². The Balaban J connectivity index is 1.29. The third-order valence-corrected chi connectivity index (χ3v) is 10.2. The number of fused-ring (bicyclic) bond motifs is 2. The summed E-state index contributed by atoms with van der Waals surface area (Å²) in [7, 11) is 0.243. The zero-order valence-electron chi connectivity index (χ0n) is 23.9. The van der Waals surface area contributed by atoms with Gasteiger partial charge < -0.3 is 18.5 Å². The third-order valence-electron chi connectivity index (χ3n) is 8.33. The minimum atomic E-state index is -1.38. The Hall–Kier alpha value is -2.73. The summed E-state index contributed by atoms with van der Waals surface area (Å²) >= 11 is 0. The van der Waals surface area contributed by atoms with Crippen molar-refractivity contribution in [3.8, 4) is 0 Å². The molecule has 2 aromatic heterocycles. The van der Waals surface area contributed by atoms with Crippen LogP contribution in [0.3, 0.4) is 0 Å². The van der Waals surface area contributed by atoms with E-state index in [4.69, 9.17) is 18.5 Å². The number of hydrogen-bond acceptors (Lipinski definition) is 9. The monoisotopic (exact) mass is 584 g/mol. The second-order valence-electron chi connectivity index (χ2n) is 11.2. The topological polar surface area (TPSA) is 133 Å². The van der Waals surface area contributed by atoms with Crippen molar-refractivity contribution >= 4 is 31.5 Å². The number of H-pyrrole nitrogens is 1. The van der Waals surface area contributed by atoms with Crippen molar-refractivity contribution in [2.45, 2.75) is 83.1 Å². The maximum atomic E-state index is 12.8. The summed E-state index contributed by atoms with van der Waals surface area (Å²) in [6.07, 6.45) is 2.43. The third kappa shape index (κ3) is 4.90. The average Bonchev–Trinajstić information content (AvgIpc) is 3.73. The largest absolute Gasteiger partial charge is 0.374 e. The van der Waals surface area contributed by atoms with E-state index >= 15 is 0 Å². The summed E-state index contributed by atoms with van der Waals surface area (Å²) in [5.41, 5.74) is 0.639. The number of nitrogens with zero attached hydrogens (tertiary/aromatic N) is 4. The number of nitrogens with one attached hydrogen (secondary N) is 2. The lowest BCUT2D eigenvalue weighted by Crippen LogP contribution is -2.37. The Morgan fingerprint density at radius 2 is 2.07 bits per heavy atom. The summed E-state index contributed by atoms with van der Waals surface area (Å²) in [5.74, 6) is -0.483. The number of carbonyl (C=O) groups excluding carboxylic acids is 1. The molecule has 220 valence electrons. The average molecular weight is 585 g/mol. The summed E-state index contributed by atoms with van der Waals surface area (Å²) in [6.45, 7) is 8.64. The quantitative estimate of drug-likeness (QED) is 0.376. The first-order valence-corrected chi connectivity index (χ1v) is 15.3. The molecule has 41 heavy (non-hydrogen) atoms. The van der Waals surface area contributed by atoms with E-state index in [0.717, 1.165) is 24.9 Å². The molecule has 2 N–H and O–H groups in total. The lowest BCUT2D eigenvalue weighted by Gasteiger charge is -2.29. The Kier molecular flexibility index (Phi) is 7.73. The van der Waals surface area contributed by atoms with E-state index in [-0.39, 0.29) is 41.1 Å². The molecule has 3 aliphatic heterocycles. The minimum absolute atomic E-state index is 0.0536. The maximum absolute atomic E-state index is 12.8. The van der Waals surface area contributed by atoms with Crippen molar-refractivity contribution in [3.05, 3.63) is 52.6 Å². The molecule has 0 bridgehead atoms. The normalized spacial score (nSPS) is 31.8. The van der Waals surface area contributed by atoms with Crippen molar-refractivity contribution in [2.75, 3.05) is 19.0 Å². The number of aromatic amines is 1. The smallest absolute Gasteiger partial charge is 0.280 e. The second-order valence-corrected chi connectivity index (χ2v) is 12.6. The number of methoxy groups -OCH3 is 1. The minimum Gasteiger partial charge on any atom is -0.374 e. The lowest BCUT2D eigenvalue weighted by molar-refractivity contribution is -0.118. The molecule has 0 aliphatic carbocycles. The molecular formula is C28H37N6O6P. The van der Waals surface area contributed by atoms with E-state index < -0.39 is 38.1 Å². The van der Waals surface area contributed by atoms with Gasteiger partial charge in [0.15, 0.2) is 17.4 Å². The van der Waals surface area contributed by atoms with Crippen molar-refractivity contribution < 1.29 is 23.3 Å². The van der Waals surface area contributed by atoms with Crippen molar-refractivity contribution in [1.82, 2.24) is 24.2 Å². The lowest BCUT2D eigenvalue weighted by atomic mass is 9.87. The zero-order chi connectivity index (χ0) is 28.9. The zero-order valence-corrected chi connectivity index (χ0v) is 24.8. The number of rotatable bonds is 8. The van der Waals surface area contributed by atoms with E-state index in [2.05, 4.69) is 44.0 Å². The van der Waals surface area contributed by atoms with Gasteiger partial charge in [-0.3, -0.25) is 24.5 Å². The fraction of sp³-hybridized carbons (Fsp3) is 0.571. The van der Waals surface area contributed by atoms with E-state index in [1.54, 1.807) is 25.5 Å². The molecule has 7 atom stereocenters. The molecule has 3 aromatic rings. The molecule has 13 heteroatoms. The Morgan fingerprint density at radius 3 is 2.78 bits per heavy atom. The van der Waals surface area contributed by atoms with Gasteiger partial charge in [0.05, 0.1) is 18.5 Å². The molecule has 0 spiro atoms. The SMILES string of the molecule is CC[C@H]1O[C@@H](n2cnc3c(=O)[nH]c(NC(=O)C(C)C)nc32)[C@@H](OC)C1O[P@@]1O[C@](C)(c2ccccc2)[C@@H]2CCCN21. The van der Waals surface area contributed by atoms with Crippen molar-refractivity contribution in [3.63, 3.8) is 0 Å². The molecule has 3 aliphatic rings. The first-order chi connectivity index (χ1) is 19.7. The second kappa shape index (κ2) is 11.2. The molecule has 3 saturated heterocycles. The number of amides is 1. The van der Waals surface area contributed by atoms with Gasteiger partial charge in [0.2, 0.25) is 11.9 Å². The number of hydrogen-bond donors (Lipinski definition) is 2. The first-order valence-electron chi connectivity index (χ1n) is 14.2.